The summed E-state index contributed by atoms with van der Waals surface area (Å²) in [6.07, 6.45) is 1.05. The fourth-order valence-corrected chi connectivity index (χ4v) is 3.87. The molecule has 0 unspecified atom stereocenters. The van der Waals surface area contributed by atoms with Crippen LogP contribution in [0.5, 0.6) is 11.5 Å². The van der Waals surface area contributed by atoms with Gasteiger partial charge in [0.2, 0.25) is 11.8 Å². The summed E-state index contributed by atoms with van der Waals surface area (Å²) < 4.78 is 12.1. The lowest BCUT2D eigenvalue weighted by Crippen LogP contribution is -2.24. The van der Waals surface area contributed by atoms with Gasteiger partial charge in [-0.1, -0.05) is 29.8 Å². The molecule has 0 saturated heterocycles. The number of methoxy groups -OCH3 is 1. The molecular weight excluding hydrogens is 583 g/mol. The van der Waals surface area contributed by atoms with E-state index in [9.17, 15) is 14.9 Å². The third kappa shape index (κ3) is 7.70. The van der Waals surface area contributed by atoms with Crippen molar-refractivity contribution >= 4 is 57.9 Å². The molecule has 3 aromatic rings. The molecule has 0 bridgehead atoms. The zero-order valence-corrected chi connectivity index (χ0v) is 21.5. The highest BCUT2D eigenvalue weighted by molar-refractivity contribution is 14.1. The van der Waals surface area contributed by atoms with Crippen LogP contribution < -0.4 is 20.2 Å². The van der Waals surface area contributed by atoms with Gasteiger partial charge in [-0.2, -0.15) is 10.4 Å². The number of hydrogen-bond acceptors (Lipinski definition) is 6. The number of anilines is 1. The van der Waals surface area contributed by atoms with Crippen LogP contribution in [0, 0.1) is 14.9 Å². The number of ether oxygens (including phenoxy) is 2. The number of rotatable bonds is 9. The number of hydrazone groups is 1. The van der Waals surface area contributed by atoms with Crippen molar-refractivity contribution in [2.24, 2.45) is 5.10 Å². The first-order chi connectivity index (χ1) is 16.9. The number of carbonyl (C=O) groups is 2. The summed E-state index contributed by atoms with van der Waals surface area (Å²) in [7, 11) is 1.52. The minimum absolute atomic E-state index is 0.206. The fourth-order valence-electron chi connectivity index (χ4n) is 2.96. The van der Waals surface area contributed by atoms with Crippen LogP contribution in [0.25, 0.3) is 0 Å². The molecule has 0 radical (unpaired) electrons. The van der Waals surface area contributed by atoms with E-state index in [0.29, 0.717) is 33.3 Å². The van der Waals surface area contributed by atoms with Gasteiger partial charge in [-0.05, 0) is 70.6 Å². The van der Waals surface area contributed by atoms with Crippen LogP contribution in [-0.4, -0.2) is 25.1 Å². The van der Waals surface area contributed by atoms with Gasteiger partial charge in [0, 0.05) is 16.3 Å². The number of nitrogens with zero attached hydrogens (tertiary/aromatic N) is 2. The molecular formula is C25H20ClIN4O4. The Balaban J connectivity index is 1.58. The van der Waals surface area contributed by atoms with Gasteiger partial charge in [-0.25, -0.2) is 5.43 Å². The van der Waals surface area contributed by atoms with Gasteiger partial charge in [0.15, 0.2) is 11.5 Å². The lowest BCUT2D eigenvalue weighted by atomic mass is 10.1. The molecule has 3 aromatic carbocycles. The van der Waals surface area contributed by atoms with E-state index in [1.807, 2.05) is 12.1 Å². The molecule has 0 aliphatic rings. The summed E-state index contributed by atoms with van der Waals surface area (Å²) in [6, 6.07) is 19.4. The average molecular weight is 603 g/mol. The van der Waals surface area contributed by atoms with E-state index in [0.717, 1.165) is 9.13 Å². The predicted molar refractivity (Wildman–Crippen MR) is 142 cm³/mol. The van der Waals surface area contributed by atoms with E-state index in [2.05, 4.69) is 44.5 Å². The third-order valence-electron chi connectivity index (χ3n) is 4.61. The Morgan fingerprint density at radius 2 is 1.89 bits per heavy atom. The number of nitrogens with one attached hydrogen (secondary N) is 2. The van der Waals surface area contributed by atoms with E-state index in [1.165, 1.54) is 13.3 Å². The highest BCUT2D eigenvalue weighted by Crippen LogP contribution is 2.34. The third-order valence-corrected chi connectivity index (χ3v) is 5.67. The van der Waals surface area contributed by atoms with Gasteiger partial charge in [0.25, 0.3) is 0 Å². The molecule has 0 aromatic heterocycles. The highest BCUT2D eigenvalue weighted by atomic mass is 127. The molecule has 10 heteroatoms. The number of halogens is 2. The van der Waals surface area contributed by atoms with Gasteiger partial charge in [-0.3, -0.25) is 9.59 Å². The number of benzene rings is 3. The van der Waals surface area contributed by atoms with E-state index >= 15 is 0 Å². The summed E-state index contributed by atoms with van der Waals surface area (Å²) in [6.45, 7) is 0.206. The predicted octanol–water partition coefficient (Wildman–Crippen LogP) is 4.88. The fraction of sp³-hybridized carbons (Fsp3) is 0.120. The molecule has 2 N–H and O–H groups in total. The highest BCUT2D eigenvalue weighted by Gasteiger charge is 2.13. The second-order valence-corrected chi connectivity index (χ2v) is 8.72. The quantitative estimate of drug-likeness (QED) is 0.157. The van der Waals surface area contributed by atoms with E-state index in [1.54, 1.807) is 48.5 Å². The van der Waals surface area contributed by atoms with Crippen molar-refractivity contribution in [2.75, 3.05) is 12.4 Å². The minimum atomic E-state index is -0.564. The monoisotopic (exact) mass is 602 g/mol. The molecule has 0 aliphatic heterocycles. The summed E-state index contributed by atoms with van der Waals surface area (Å²) in [5.41, 5.74) is 4.83. The zero-order chi connectivity index (χ0) is 25.2. The van der Waals surface area contributed by atoms with Crippen LogP contribution in [0.1, 0.15) is 23.1 Å². The van der Waals surface area contributed by atoms with Crippen LogP contribution in [0.4, 0.5) is 5.69 Å². The molecule has 2 amide bonds. The number of hydrogen-bond donors (Lipinski definition) is 2. The van der Waals surface area contributed by atoms with Crippen molar-refractivity contribution in [1.29, 1.82) is 5.26 Å². The summed E-state index contributed by atoms with van der Waals surface area (Å²) >= 11 is 7.92. The molecule has 0 atom stereocenters. The number of carbonyl (C=O) groups excluding carboxylic acids is 2. The van der Waals surface area contributed by atoms with Gasteiger partial charge in [-0.15, -0.1) is 0 Å². The van der Waals surface area contributed by atoms with Gasteiger partial charge in [0.1, 0.15) is 13.0 Å². The Bertz CT molecular complexity index is 1290. The first-order valence-electron chi connectivity index (χ1n) is 10.2. The van der Waals surface area contributed by atoms with Gasteiger partial charge in [0.05, 0.1) is 28.5 Å². The first-order valence-corrected chi connectivity index (χ1v) is 11.7. The maximum absolute atomic E-state index is 12.0. The normalized spacial score (nSPS) is 10.5. The first kappa shape index (κ1) is 26.0. The second-order valence-electron chi connectivity index (χ2n) is 7.12. The molecule has 3 rings (SSSR count). The Morgan fingerprint density at radius 3 is 2.60 bits per heavy atom. The van der Waals surface area contributed by atoms with E-state index in [4.69, 9.17) is 21.1 Å². The maximum atomic E-state index is 12.0. The van der Waals surface area contributed by atoms with Crippen molar-refractivity contribution < 1.29 is 19.1 Å². The van der Waals surface area contributed by atoms with Gasteiger partial charge < -0.3 is 14.8 Å². The molecule has 8 nitrogen and oxygen atoms in total. The zero-order valence-electron chi connectivity index (χ0n) is 18.5. The molecule has 178 valence electrons. The molecule has 0 fully saturated rings. The van der Waals surface area contributed by atoms with Crippen LogP contribution >= 0.6 is 34.2 Å². The van der Waals surface area contributed by atoms with Crippen molar-refractivity contribution in [2.45, 2.75) is 13.0 Å². The molecule has 0 heterocycles. The van der Waals surface area contributed by atoms with Crippen molar-refractivity contribution in [1.82, 2.24) is 5.43 Å². The average Bonchev–Trinajstić information content (AvgIpc) is 2.84. The van der Waals surface area contributed by atoms with Crippen LogP contribution in [0.3, 0.4) is 0 Å². The lowest BCUT2D eigenvalue weighted by Gasteiger charge is -2.14. The Kier molecular flexibility index (Phi) is 9.46. The molecule has 0 aliphatic carbocycles. The summed E-state index contributed by atoms with van der Waals surface area (Å²) in [5, 5.41) is 16.3. The van der Waals surface area contributed by atoms with Crippen molar-refractivity contribution in [3.05, 3.63) is 85.9 Å². The summed E-state index contributed by atoms with van der Waals surface area (Å²) in [5.74, 6) is -0.0384. The number of nitriles is 1. The Labute approximate surface area is 221 Å². The molecule has 35 heavy (non-hydrogen) atoms. The Morgan fingerprint density at radius 1 is 1.14 bits per heavy atom. The maximum Gasteiger partial charge on any atom is 0.249 e. The van der Waals surface area contributed by atoms with Crippen LogP contribution in [0.15, 0.2) is 65.8 Å². The smallest absolute Gasteiger partial charge is 0.249 e. The van der Waals surface area contributed by atoms with E-state index < -0.39 is 18.2 Å². The van der Waals surface area contributed by atoms with Crippen molar-refractivity contribution in [3.63, 3.8) is 0 Å². The largest absolute Gasteiger partial charge is 0.493 e. The molecule has 0 saturated carbocycles. The van der Waals surface area contributed by atoms with E-state index in [-0.39, 0.29) is 6.61 Å². The number of amides is 2. The van der Waals surface area contributed by atoms with Crippen molar-refractivity contribution in [3.8, 4) is 17.6 Å². The SMILES string of the molecule is COc1cc(C=NNC(=O)CC(=O)Nc2ccc(Cl)cc2)cc(I)c1OCc1ccccc1C#N. The Hall–Kier alpha value is -3.62. The summed E-state index contributed by atoms with van der Waals surface area (Å²) in [4.78, 5) is 24.0. The van der Waals surface area contributed by atoms with Gasteiger partial charge >= 0.3 is 0 Å². The standard InChI is InChI=1S/C25H20ClIN4O4/c1-34-22-11-16(10-21(27)25(22)35-15-18-5-3-2-4-17(18)13-28)14-29-31-24(33)12-23(32)30-20-8-6-19(26)7-9-20/h2-11,14H,12,15H2,1H3,(H,30,32)(H,31,33). The topological polar surface area (TPSA) is 113 Å². The van der Waals surface area contributed by atoms with Crippen LogP contribution in [-0.2, 0) is 16.2 Å². The van der Waals surface area contributed by atoms with Crippen LogP contribution in [0.2, 0.25) is 5.02 Å². The second kappa shape index (κ2) is 12.7. The minimum Gasteiger partial charge on any atom is -0.493 e. The lowest BCUT2D eigenvalue weighted by molar-refractivity contribution is -0.126. The molecule has 0 spiro atoms.